The van der Waals surface area contributed by atoms with Crippen LogP contribution in [-0.2, 0) is 0 Å². The summed E-state index contributed by atoms with van der Waals surface area (Å²) >= 11 is 6.16. The number of amides is 1. The fraction of sp³-hybridized carbons (Fsp3) is 0.267. The number of anilines is 1. The number of hydrogen-bond acceptors (Lipinski definition) is 4. The highest BCUT2D eigenvalue weighted by atomic mass is 35.5. The fourth-order valence-electron chi connectivity index (χ4n) is 2.45. The highest BCUT2D eigenvalue weighted by molar-refractivity contribution is 6.33. The molecule has 21 heavy (non-hydrogen) atoms. The molecule has 0 atom stereocenters. The van der Waals surface area contributed by atoms with Gasteiger partial charge in [0.15, 0.2) is 0 Å². The molecule has 0 N–H and O–H groups in total. The molecule has 0 saturated carbocycles. The van der Waals surface area contributed by atoms with Crippen LogP contribution in [0.3, 0.4) is 0 Å². The summed E-state index contributed by atoms with van der Waals surface area (Å²) in [5, 5.41) is 0.645. The lowest BCUT2D eigenvalue weighted by Crippen LogP contribution is -2.48. The average Bonchev–Trinajstić information content (AvgIpc) is 2.56. The van der Waals surface area contributed by atoms with Crippen LogP contribution in [0.2, 0.25) is 5.02 Å². The van der Waals surface area contributed by atoms with Gasteiger partial charge in [0.1, 0.15) is 0 Å². The third-order valence-corrected chi connectivity index (χ3v) is 3.88. The largest absolute Gasteiger partial charge is 0.367 e. The van der Waals surface area contributed by atoms with Gasteiger partial charge in [0, 0.05) is 56.5 Å². The number of hydrogen-bond donors (Lipinski definition) is 0. The van der Waals surface area contributed by atoms with Crippen LogP contribution in [0.4, 0.5) is 5.69 Å². The van der Waals surface area contributed by atoms with E-state index in [9.17, 15) is 4.79 Å². The van der Waals surface area contributed by atoms with Gasteiger partial charge < -0.3 is 9.80 Å². The van der Waals surface area contributed by atoms with Gasteiger partial charge in [-0.05, 0) is 18.2 Å². The first kappa shape index (κ1) is 13.8. The van der Waals surface area contributed by atoms with Gasteiger partial charge in [-0.1, -0.05) is 11.6 Å². The number of pyridine rings is 2. The molecule has 5 nitrogen and oxygen atoms in total. The Morgan fingerprint density at radius 1 is 1.00 bits per heavy atom. The van der Waals surface area contributed by atoms with Crippen molar-refractivity contribution in [3.8, 4) is 0 Å². The maximum atomic E-state index is 12.4. The third-order valence-electron chi connectivity index (χ3n) is 3.59. The second-order valence-corrected chi connectivity index (χ2v) is 5.25. The summed E-state index contributed by atoms with van der Waals surface area (Å²) in [6.45, 7) is 2.89. The van der Waals surface area contributed by atoms with Crippen LogP contribution < -0.4 is 4.90 Å². The summed E-state index contributed by atoms with van der Waals surface area (Å²) in [5.41, 5.74) is 1.66. The summed E-state index contributed by atoms with van der Waals surface area (Å²) in [5.74, 6) is 0.0536. The van der Waals surface area contributed by atoms with Crippen LogP contribution in [0.5, 0.6) is 0 Å². The number of rotatable bonds is 2. The molecule has 0 unspecified atom stereocenters. The predicted octanol–water partition coefficient (Wildman–Crippen LogP) is 2.09. The minimum absolute atomic E-state index is 0.0536. The SMILES string of the molecule is O=C(c1ccncc1)N1CCN(c2ccncc2Cl)CC1. The van der Waals surface area contributed by atoms with E-state index in [0.29, 0.717) is 23.7 Å². The Labute approximate surface area is 128 Å². The van der Waals surface area contributed by atoms with Crippen molar-refractivity contribution in [1.82, 2.24) is 14.9 Å². The van der Waals surface area contributed by atoms with Crippen LogP contribution in [0.25, 0.3) is 0 Å². The normalized spacial score (nSPS) is 15.1. The second kappa shape index (κ2) is 6.10. The monoisotopic (exact) mass is 302 g/mol. The molecule has 1 aliphatic rings. The van der Waals surface area contributed by atoms with Crippen LogP contribution in [0, 0.1) is 0 Å². The molecule has 0 aliphatic carbocycles. The lowest BCUT2D eigenvalue weighted by molar-refractivity contribution is 0.0746. The van der Waals surface area contributed by atoms with Gasteiger partial charge in [-0.15, -0.1) is 0 Å². The summed E-state index contributed by atoms with van der Waals surface area (Å²) in [4.78, 5) is 24.3. The Morgan fingerprint density at radius 3 is 2.33 bits per heavy atom. The number of halogens is 1. The molecule has 2 aromatic heterocycles. The van der Waals surface area contributed by atoms with Gasteiger partial charge in [0.05, 0.1) is 10.7 Å². The van der Waals surface area contributed by atoms with Gasteiger partial charge in [0.25, 0.3) is 5.91 Å². The minimum atomic E-state index is 0.0536. The Hall–Kier alpha value is -2.14. The molecular weight excluding hydrogens is 288 g/mol. The quantitative estimate of drug-likeness (QED) is 0.852. The predicted molar refractivity (Wildman–Crippen MR) is 81.6 cm³/mol. The van der Waals surface area contributed by atoms with Gasteiger partial charge in [-0.3, -0.25) is 14.8 Å². The molecule has 1 fully saturated rings. The highest BCUT2D eigenvalue weighted by Crippen LogP contribution is 2.25. The Kier molecular flexibility index (Phi) is 4.01. The number of piperazine rings is 1. The van der Waals surface area contributed by atoms with E-state index >= 15 is 0 Å². The van der Waals surface area contributed by atoms with Crippen molar-refractivity contribution in [2.24, 2.45) is 0 Å². The highest BCUT2D eigenvalue weighted by Gasteiger charge is 2.23. The van der Waals surface area contributed by atoms with Crippen LogP contribution in [0.1, 0.15) is 10.4 Å². The topological polar surface area (TPSA) is 49.3 Å². The summed E-state index contributed by atoms with van der Waals surface area (Å²) < 4.78 is 0. The Balaban J connectivity index is 1.66. The van der Waals surface area contributed by atoms with Gasteiger partial charge >= 0.3 is 0 Å². The third kappa shape index (κ3) is 2.97. The molecule has 0 bridgehead atoms. The fourth-order valence-corrected chi connectivity index (χ4v) is 2.69. The first-order valence-electron chi connectivity index (χ1n) is 6.79. The molecule has 3 rings (SSSR count). The first-order chi connectivity index (χ1) is 10.3. The maximum absolute atomic E-state index is 12.4. The summed E-state index contributed by atoms with van der Waals surface area (Å²) in [7, 11) is 0. The number of carbonyl (C=O) groups excluding carboxylic acids is 1. The van der Waals surface area contributed by atoms with E-state index in [1.807, 2.05) is 11.0 Å². The van der Waals surface area contributed by atoms with E-state index in [0.717, 1.165) is 18.8 Å². The van der Waals surface area contributed by atoms with E-state index in [1.165, 1.54) is 0 Å². The summed E-state index contributed by atoms with van der Waals surface area (Å²) in [6.07, 6.45) is 6.65. The molecule has 0 spiro atoms. The molecule has 108 valence electrons. The molecular formula is C15H15ClN4O. The van der Waals surface area contributed by atoms with Crippen molar-refractivity contribution in [3.63, 3.8) is 0 Å². The molecule has 0 aromatic carbocycles. The van der Waals surface area contributed by atoms with Crippen molar-refractivity contribution in [3.05, 3.63) is 53.6 Å². The lowest BCUT2D eigenvalue weighted by atomic mass is 10.2. The lowest BCUT2D eigenvalue weighted by Gasteiger charge is -2.36. The number of aromatic nitrogens is 2. The van der Waals surface area contributed by atoms with Gasteiger partial charge in [-0.25, -0.2) is 0 Å². The van der Waals surface area contributed by atoms with Crippen molar-refractivity contribution in [2.75, 3.05) is 31.1 Å². The van der Waals surface area contributed by atoms with E-state index in [1.54, 1.807) is 36.9 Å². The second-order valence-electron chi connectivity index (χ2n) is 4.84. The van der Waals surface area contributed by atoms with Crippen molar-refractivity contribution < 1.29 is 4.79 Å². The zero-order chi connectivity index (χ0) is 14.7. The molecule has 3 heterocycles. The van der Waals surface area contributed by atoms with Crippen molar-refractivity contribution in [2.45, 2.75) is 0 Å². The van der Waals surface area contributed by atoms with E-state index in [4.69, 9.17) is 11.6 Å². The zero-order valence-electron chi connectivity index (χ0n) is 11.4. The van der Waals surface area contributed by atoms with Crippen LogP contribution >= 0.6 is 11.6 Å². The molecule has 6 heteroatoms. The van der Waals surface area contributed by atoms with Crippen LogP contribution in [-0.4, -0.2) is 47.0 Å². The van der Waals surface area contributed by atoms with Gasteiger partial charge in [-0.2, -0.15) is 0 Å². The molecule has 1 amide bonds. The summed E-state index contributed by atoms with van der Waals surface area (Å²) in [6, 6.07) is 5.39. The number of nitrogens with zero attached hydrogens (tertiary/aromatic N) is 4. The zero-order valence-corrected chi connectivity index (χ0v) is 12.2. The van der Waals surface area contributed by atoms with Crippen molar-refractivity contribution >= 4 is 23.2 Å². The van der Waals surface area contributed by atoms with Crippen LogP contribution in [0.15, 0.2) is 43.0 Å². The van der Waals surface area contributed by atoms with Crippen molar-refractivity contribution in [1.29, 1.82) is 0 Å². The van der Waals surface area contributed by atoms with E-state index in [-0.39, 0.29) is 5.91 Å². The first-order valence-corrected chi connectivity index (χ1v) is 7.17. The number of carbonyl (C=O) groups is 1. The molecule has 1 aliphatic heterocycles. The molecule has 0 radical (unpaired) electrons. The standard InChI is InChI=1S/C15H15ClN4O/c16-13-11-18-6-3-14(13)19-7-9-20(10-8-19)15(21)12-1-4-17-5-2-12/h1-6,11H,7-10H2. The molecule has 1 saturated heterocycles. The van der Waals surface area contributed by atoms with Gasteiger partial charge in [0.2, 0.25) is 0 Å². The Bertz CT molecular complexity index is 627. The average molecular weight is 303 g/mol. The molecule has 2 aromatic rings. The maximum Gasteiger partial charge on any atom is 0.254 e. The van der Waals surface area contributed by atoms with E-state index < -0.39 is 0 Å². The smallest absolute Gasteiger partial charge is 0.254 e. The minimum Gasteiger partial charge on any atom is -0.367 e. The Morgan fingerprint density at radius 2 is 1.67 bits per heavy atom. The van der Waals surface area contributed by atoms with E-state index in [2.05, 4.69) is 14.9 Å².